The Labute approximate surface area is 151 Å². The summed E-state index contributed by atoms with van der Waals surface area (Å²) in [5.41, 5.74) is 4.39. The molecule has 134 valence electrons. The van der Waals surface area contributed by atoms with E-state index in [2.05, 4.69) is 33.8 Å². The lowest BCUT2D eigenvalue weighted by atomic mass is 10.0. The average molecular weight is 354 g/mol. The van der Waals surface area contributed by atoms with Gasteiger partial charge in [-0.3, -0.25) is 0 Å². The van der Waals surface area contributed by atoms with Crippen LogP contribution in [0.5, 0.6) is 5.75 Å². The Bertz CT molecular complexity index is 816. The topological polar surface area (TPSA) is 35.0 Å². The maximum absolute atomic E-state index is 12.2. The van der Waals surface area contributed by atoms with Crippen LogP contribution in [0.1, 0.15) is 23.6 Å². The molecule has 0 fully saturated rings. The first-order chi connectivity index (χ1) is 12.6. The van der Waals surface area contributed by atoms with Crippen molar-refractivity contribution in [2.75, 3.05) is 0 Å². The van der Waals surface area contributed by atoms with Gasteiger partial charge in [-0.05, 0) is 48.1 Å². The van der Waals surface area contributed by atoms with E-state index in [4.69, 9.17) is 0 Å². The molecule has 0 amide bonds. The van der Waals surface area contributed by atoms with Crippen molar-refractivity contribution < 1.29 is 13.5 Å². The number of aryl methyl sites for hydroxylation is 3. The summed E-state index contributed by atoms with van der Waals surface area (Å²) in [6, 6.07) is 15.0. The molecule has 1 aromatic heterocycles. The average Bonchev–Trinajstić information content (AvgIpc) is 2.67. The number of hydrogen-bond acceptors (Lipinski definition) is 3. The summed E-state index contributed by atoms with van der Waals surface area (Å²) < 4.78 is 28.7. The van der Waals surface area contributed by atoms with Crippen molar-refractivity contribution in [1.82, 2.24) is 9.97 Å². The Kier molecular flexibility index (Phi) is 5.89. The fourth-order valence-electron chi connectivity index (χ4n) is 2.63. The van der Waals surface area contributed by atoms with Crippen molar-refractivity contribution in [3.8, 4) is 17.1 Å². The van der Waals surface area contributed by atoms with Gasteiger partial charge in [-0.15, -0.1) is 0 Å². The van der Waals surface area contributed by atoms with Gasteiger partial charge in [0, 0.05) is 18.0 Å². The van der Waals surface area contributed by atoms with Crippen molar-refractivity contribution in [2.45, 2.75) is 32.8 Å². The molecule has 0 spiro atoms. The number of rotatable bonds is 7. The van der Waals surface area contributed by atoms with Gasteiger partial charge in [-0.2, -0.15) is 8.78 Å². The number of aromatic nitrogens is 2. The highest BCUT2D eigenvalue weighted by molar-refractivity contribution is 5.55. The van der Waals surface area contributed by atoms with E-state index in [9.17, 15) is 8.78 Å². The zero-order valence-electron chi connectivity index (χ0n) is 14.5. The van der Waals surface area contributed by atoms with Gasteiger partial charge in [-0.25, -0.2) is 9.97 Å². The van der Waals surface area contributed by atoms with Gasteiger partial charge in [0.05, 0.1) is 0 Å². The smallest absolute Gasteiger partial charge is 0.387 e. The molecule has 3 rings (SSSR count). The molecule has 5 heteroatoms. The second-order valence-corrected chi connectivity index (χ2v) is 5.99. The van der Waals surface area contributed by atoms with Gasteiger partial charge < -0.3 is 4.74 Å². The van der Waals surface area contributed by atoms with Gasteiger partial charge in [-0.1, -0.05) is 43.3 Å². The molecule has 1 heterocycles. The molecular formula is C21H20F2N2O. The molecule has 3 nitrogen and oxygen atoms in total. The minimum Gasteiger partial charge on any atom is -0.435 e. The van der Waals surface area contributed by atoms with Gasteiger partial charge in [0.25, 0.3) is 0 Å². The minimum absolute atomic E-state index is 0.183. The maximum atomic E-state index is 12.2. The van der Waals surface area contributed by atoms with Crippen LogP contribution in [0.15, 0.2) is 60.9 Å². The summed E-state index contributed by atoms with van der Waals surface area (Å²) in [4.78, 5) is 8.79. The number of benzene rings is 2. The SMILES string of the molecule is CCc1cnc(-c2ccc(CCc3ccc(OC(F)F)cc3)cc2)nc1. The lowest BCUT2D eigenvalue weighted by molar-refractivity contribution is -0.0498. The van der Waals surface area contributed by atoms with Crippen LogP contribution < -0.4 is 4.74 Å². The van der Waals surface area contributed by atoms with Crippen LogP contribution in [0.2, 0.25) is 0 Å². The minimum atomic E-state index is -2.79. The third-order valence-corrected chi connectivity index (χ3v) is 4.18. The summed E-state index contributed by atoms with van der Waals surface area (Å²) in [5.74, 6) is 0.908. The highest BCUT2D eigenvalue weighted by atomic mass is 19.3. The van der Waals surface area contributed by atoms with Crippen molar-refractivity contribution >= 4 is 0 Å². The van der Waals surface area contributed by atoms with Crippen LogP contribution in [0, 0.1) is 0 Å². The molecule has 0 saturated heterocycles. The Hall–Kier alpha value is -2.82. The number of alkyl halides is 2. The van der Waals surface area contributed by atoms with Crippen LogP contribution >= 0.6 is 0 Å². The highest BCUT2D eigenvalue weighted by Crippen LogP contribution is 2.18. The zero-order valence-corrected chi connectivity index (χ0v) is 14.5. The molecule has 0 saturated carbocycles. The Morgan fingerprint density at radius 1 is 0.808 bits per heavy atom. The molecule has 0 N–H and O–H groups in total. The van der Waals surface area contributed by atoms with Gasteiger partial charge in [0.1, 0.15) is 5.75 Å². The molecule has 0 atom stereocenters. The van der Waals surface area contributed by atoms with Crippen LogP contribution in [-0.4, -0.2) is 16.6 Å². The summed E-state index contributed by atoms with van der Waals surface area (Å²) in [6.45, 7) is -0.714. The van der Waals surface area contributed by atoms with E-state index in [1.165, 1.54) is 5.56 Å². The molecule has 0 aliphatic carbocycles. The first-order valence-electron chi connectivity index (χ1n) is 8.58. The lowest BCUT2D eigenvalue weighted by Crippen LogP contribution is -2.01. The first kappa shape index (κ1) is 18.0. The van der Waals surface area contributed by atoms with Gasteiger partial charge in [0.2, 0.25) is 0 Å². The van der Waals surface area contributed by atoms with E-state index in [1.807, 2.05) is 36.7 Å². The molecule has 2 aromatic carbocycles. The monoisotopic (exact) mass is 354 g/mol. The Morgan fingerprint density at radius 3 is 1.85 bits per heavy atom. The van der Waals surface area contributed by atoms with Crippen LogP contribution in [0.25, 0.3) is 11.4 Å². The fraction of sp³-hybridized carbons (Fsp3) is 0.238. The summed E-state index contributed by atoms with van der Waals surface area (Å²) >= 11 is 0. The molecule has 0 radical (unpaired) electrons. The van der Waals surface area contributed by atoms with E-state index >= 15 is 0 Å². The standard InChI is InChI=1S/C21H20F2N2O/c1-2-15-13-24-20(25-14-15)18-9-5-16(6-10-18)3-4-17-7-11-19(12-8-17)26-21(22)23/h5-14,21H,2-4H2,1H3. The normalized spacial score (nSPS) is 10.9. The number of nitrogens with zero attached hydrogens (tertiary/aromatic N) is 2. The van der Waals surface area contributed by atoms with Crippen molar-refractivity contribution in [3.63, 3.8) is 0 Å². The van der Waals surface area contributed by atoms with Gasteiger partial charge >= 0.3 is 6.61 Å². The molecule has 0 aliphatic heterocycles. The third kappa shape index (κ3) is 4.85. The van der Waals surface area contributed by atoms with Crippen molar-refractivity contribution in [1.29, 1.82) is 0 Å². The maximum Gasteiger partial charge on any atom is 0.387 e. The highest BCUT2D eigenvalue weighted by Gasteiger charge is 2.05. The van der Waals surface area contributed by atoms with Crippen LogP contribution in [0.4, 0.5) is 8.78 Å². The largest absolute Gasteiger partial charge is 0.435 e. The lowest BCUT2D eigenvalue weighted by Gasteiger charge is -2.07. The molecule has 0 aliphatic rings. The van der Waals surface area contributed by atoms with Gasteiger partial charge in [0.15, 0.2) is 5.82 Å². The van der Waals surface area contributed by atoms with E-state index in [1.54, 1.807) is 12.1 Å². The quantitative estimate of drug-likeness (QED) is 0.593. The predicted octanol–water partition coefficient (Wildman–Crippen LogP) is 5.09. The van der Waals surface area contributed by atoms with E-state index in [0.717, 1.165) is 41.8 Å². The predicted molar refractivity (Wildman–Crippen MR) is 97.3 cm³/mol. The first-order valence-corrected chi connectivity index (χ1v) is 8.58. The third-order valence-electron chi connectivity index (χ3n) is 4.18. The summed E-state index contributed by atoms with van der Waals surface area (Å²) in [7, 11) is 0. The zero-order chi connectivity index (χ0) is 18.4. The van der Waals surface area contributed by atoms with E-state index < -0.39 is 6.61 Å². The fourth-order valence-corrected chi connectivity index (χ4v) is 2.63. The number of hydrogen-bond donors (Lipinski definition) is 0. The number of ether oxygens (including phenoxy) is 1. The molecular weight excluding hydrogens is 334 g/mol. The Balaban J connectivity index is 1.58. The molecule has 0 bridgehead atoms. The number of halogens is 2. The Morgan fingerprint density at radius 2 is 1.35 bits per heavy atom. The van der Waals surface area contributed by atoms with Crippen molar-refractivity contribution in [3.05, 3.63) is 77.6 Å². The second-order valence-electron chi connectivity index (χ2n) is 5.99. The van der Waals surface area contributed by atoms with Crippen LogP contribution in [-0.2, 0) is 19.3 Å². The van der Waals surface area contributed by atoms with Crippen LogP contribution in [0.3, 0.4) is 0 Å². The summed E-state index contributed by atoms with van der Waals surface area (Å²) in [6.07, 6.45) is 6.34. The molecule has 26 heavy (non-hydrogen) atoms. The second kappa shape index (κ2) is 8.52. The van der Waals surface area contributed by atoms with E-state index in [0.29, 0.717) is 0 Å². The molecule has 3 aromatic rings. The summed E-state index contributed by atoms with van der Waals surface area (Å²) in [5, 5.41) is 0. The van der Waals surface area contributed by atoms with E-state index in [-0.39, 0.29) is 5.75 Å². The van der Waals surface area contributed by atoms with Crippen molar-refractivity contribution in [2.24, 2.45) is 0 Å². The molecule has 0 unspecified atom stereocenters.